The van der Waals surface area contributed by atoms with E-state index in [0.29, 0.717) is 5.69 Å². The average Bonchev–Trinajstić information content (AvgIpc) is 2.60. The van der Waals surface area contributed by atoms with E-state index in [9.17, 15) is 10.2 Å². The molecule has 7 heteroatoms. The van der Waals surface area contributed by atoms with Crippen LogP contribution in [0, 0.1) is 3.57 Å². The molecule has 6 nitrogen and oxygen atoms in total. The Labute approximate surface area is 93.7 Å². The van der Waals surface area contributed by atoms with E-state index in [0.717, 1.165) is 3.57 Å². The van der Waals surface area contributed by atoms with Crippen LogP contribution in [0.1, 0.15) is 11.8 Å². The summed E-state index contributed by atoms with van der Waals surface area (Å²) in [6.45, 7) is -0.146. The Kier molecular flexibility index (Phi) is 4.21. The number of aliphatic hydroxyl groups is 2. The van der Waals surface area contributed by atoms with E-state index in [4.69, 9.17) is 5.53 Å². The molecule has 14 heavy (non-hydrogen) atoms. The Balaban J connectivity index is 2.64. The first-order valence-electron chi connectivity index (χ1n) is 3.86. The largest absolute Gasteiger partial charge is 0.390 e. The third kappa shape index (κ3) is 2.88. The lowest BCUT2D eigenvalue weighted by Crippen LogP contribution is -2.21. The first-order valence-corrected chi connectivity index (χ1v) is 4.94. The van der Waals surface area contributed by atoms with Gasteiger partial charge in [-0.15, -0.1) is 0 Å². The minimum atomic E-state index is -1.08. The molecule has 0 fully saturated rings. The molecule has 0 saturated carbocycles. The van der Waals surface area contributed by atoms with Crippen LogP contribution in [0.2, 0.25) is 0 Å². The maximum absolute atomic E-state index is 9.56. The molecule has 2 atom stereocenters. The normalized spacial score (nSPS) is 14.5. The molecule has 76 valence electrons. The monoisotopic (exact) mass is 308 g/mol. The van der Waals surface area contributed by atoms with Gasteiger partial charge in [0.1, 0.15) is 6.10 Å². The van der Waals surface area contributed by atoms with Crippen LogP contribution in [0.4, 0.5) is 0 Å². The number of halogens is 1. The smallest absolute Gasteiger partial charge is 0.120 e. The lowest BCUT2D eigenvalue weighted by atomic mass is 10.1. The topological polar surface area (TPSA) is 105 Å². The summed E-state index contributed by atoms with van der Waals surface area (Å²) in [5, 5.41) is 22.1. The fourth-order valence-electron chi connectivity index (χ4n) is 0.982. The SMILES string of the molecule is [N-]=[N+]=NCC(O)C(O)c1cc(I)c[nH]1. The average molecular weight is 308 g/mol. The first-order chi connectivity index (χ1) is 6.65. The van der Waals surface area contributed by atoms with Crippen LogP contribution in [-0.4, -0.2) is 27.8 Å². The number of rotatable bonds is 4. The Morgan fingerprint density at radius 3 is 2.86 bits per heavy atom. The van der Waals surface area contributed by atoms with Gasteiger partial charge in [-0.05, 0) is 34.2 Å². The number of nitrogens with zero attached hydrogens (tertiary/aromatic N) is 3. The lowest BCUT2D eigenvalue weighted by molar-refractivity contribution is 0.0221. The first kappa shape index (κ1) is 11.3. The standard InChI is InChI=1S/C7H9IN4O2/c8-4-1-5(10-2-4)7(14)6(13)3-11-12-9/h1-2,6-7,10,13-14H,3H2. The molecule has 0 aliphatic heterocycles. The number of nitrogens with one attached hydrogen (secondary N) is 1. The zero-order valence-corrected chi connectivity index (χ0v) is 9.29. The summed E-state index contributed by atoms with van der Waals surface area (Å²) < 4.78 is 0.938. The predicted molar refractivity (Wildman–Crippen MR) is 58.5 cm³/mol. The molecule has 0 saturated heterocycles. The van der Waals surface area contributed by atoms with E-state index in [1.54, 1.807) is 12.3 Å². The van der Waals surface area contributed by atoms with Gasteiger partial charge in [0.25, 0.3) is 0 Å². The fourth-order valence-corrected chi connectivity index (χ4v) is 1.47. The van der Waals surface area contributed by atoms with Crippen LogP contribution in [0.15, 0.2) is 17.4 Å². The minimum absolute atomic E-state index is 0.146. The van der Waals surface area contributed by atoms with Gasteiger partial charge in [-0.3, -0.25) is 0 Å². The molecule has 0 spiro atoms. The van der Waals surface area contributed by atoms with Crippen molar-refractivity contribution < 1.29 is 10.2 Å². The summed E-state index contributed by atoms with van der Waals surface area (Å²) in [7, 11) is 0. The molecule has 2 unspecified atom stereocenters. The summed E-state index contributed by atoms with van der Waals surface area (Å²) in [6, 6.07) is 1.71. The van der Waals surface area contributed by atoms with Crippen LogP contribution < -0.4 is 0 Å². The molecule has 0 radical (unpaired) electrons. The molecule has 1 rings (SSSR count). The molecule has 3 N–H and O–H groups in total. The Morgan fingerprint density at radius 1 is 1.64 bits per heavy atom. The van der Waals surface area contributed by atoms with Crippen LogP contribution in [0.25, 0.3) is 10.4 Å². The van der Waals surface area contributed by atoms with Crippen molar-refractivity contribution in [1.29, 1.82) is 0 Å². The molecule has 0 amide bonds. The molecule has 0 aliphatic rings. The second kappa shape index (κ2) is 5.20. The highest BCUT2D eigenvalue weighted by Gasteiger charge is 2.18. The van der Waals surface area contributed by atoms with E-state index in [2.05, 4.69) is 37.6 Å². The number of azide groups is 1. The van der Waals surface area contributed by atoms with E-state index < -0.39 is 12.2 Å². The molecular weight excluding hydrogens is 299 g/mol. The Hall–Kier alpha value is -0.760. The van der Waals surface area contributed by atoms with Gasteiger partial charge in [0.15, 0.2) is 0 Å². The molecule has 0 aliphatic carbocycles. The van der Waals surface area contributed by atoms with Crippen molar-refractivity contribution in [3.8, 4) is 0 Å². The summed E-state index contributed by atoms with van der Waals surface area (Å²) in [5.41, 5.74) is 8.54. The van der Waals surface area contributed by atoms with Crippen molar-refractivity contribution in [1.82, 2.24) is 4.98 Å². The summed E-state index contributed by atoms with van der Waals surface area (Å²) in [5.74, 6) is 0. The second-order valence-corrected chi connectivity index (χ2v) is 3.94. The van der Waals surface area contributed by atoms with E-state index in [-0.39, 0.29) is 6.54 Å². The van der Waals surface area contributed by atoms with Gasteiger partial charge in [-0.2, -0.15) is 0 Å². The summed E-state index contributed by atoms with van der Waals surface area (Å²) in [6.07, 6.45) is -0.427. The van der Waals surface area contributed by atoms with Crippen molar-refractivity contribution in [3.05, 3.63) is 32.0 Å². The minimum Gasteiger partial charge on any atom is -0.390 e. The van der Waals surface area contributed by atoms with Gasteiger partial charge in [0.05, 0.1) is 12.6 Å². The second-order valence-electron chi connectivity index (χ2n) is 2.70. The number of aromatic amines is 1. The highest BCUT2D eigenvalue weighted by Crippen LogP contribution is 2.17. The number of aliphatic hydroxyl groups excluding tert-OH is 2. The summed E-state index contributed by atoms with van der Waals surface area (Å²) >= 11 is 2.08. The Morgan fingerprint density at radius 2 is 2.36 bits per heavy atom. The maximum Gasteiger partial charge on any atom is 0.120 e. The van der Waals surface area contributed by atoms with Crippen molar-refractivity contribution in [2.75, 3.05) is 6.54 Å². The number of hydrogen-bond acceptors (Lipinski definition) is 3. The molecule has 1 aromatic rings. The third-order valence-corrected chi connectivity index (χ3v) is 2.31. The molecule has 0 aromatic carbocycles. The molecule has 1 heterocycles. The number of hydrogen-bond donors (Lipinski definition) is 3. The van der Waals surface area contributed by atoms with Gasteiger partial charge in [0.2, 0.25) is 0 Å². The van der Waals surface area contributed by atoms with E-state index >= 15 is 0 Å². The predicted octanol–water partition coefficient (Wildman–Crippen LogP) is 1.32. The van der Waals surface area contributed by atoms with Gasteiger partial charge < -0.3 is 15.2 Å². The lowest BCUT2D eigenvalue weighted by Gasteiger charge is -2.13. The highest BCUT2D eigenvalue weighted by molar-refractivity contribution is 14.1. The van der Waals surface area contributed by atoms with Crippen molar-refractivity contribution in [2.24, 2.45) is 5.11 Å². The fraction of sp³-hybridized carbons (Fsp3) is 0.429. The van der Waals surface area contributed by atoms with Gasteiger partial charge >= 0.3 is 0 Å². The van der Waals surface area contributed by atoms with Crippen molar-refractivity contribution >= 4 is 22.6 Å². The van der Waals surface area contributed by atoms with Gasteiger partial charge in [-0.1, -0.05) is 5.11 Å². The quantitative estimate of drug-likeness (QED) is 0.338. The van der Waals surface area contributed by atoms with E-state index in [1.165, 1.54) is 0 Å². The summed E-state index contributed by atoms with van der Waals surface area (Å²) in [4.78, 5) is 5.31. The Bertz CT molecular complexity index is 347. The van der Waals surface area contributed by atoms with Crippen LogP contribution >= 0.6 is 22.6 Å². The third-order valence-electron chi connectivity index (χ3n) is 1.69. The molecule has 0 bridgehead atoms. The van der Waals surface area contributed by atoms with Crippen LogP contribution in [0.3, 0.4) is 0 Å². The number of H-pyrrole nitrogens is 1. The van der Waals surface area contributed by atoms with Gasteiger partial charge in [0, 0.05) is 20.4 Å². The van der Waals surface area contributed by atoms with Crippen LogP contribution in [-0.2, 0) is 0 Å². The maximum atomic E-state index is 9.56. The molecular formula is C7H9IN4O2. The highest BCUT2D eigenvalue weighted by atomic mass is 127. The zero-order chi connectivity index (χ0) is 10.6. The number of aromatic nitrogens is 1. The van der Waals surface area contributed by atoms with Gasteiger partial charge in [-0.25, -0.2) is 0 Å². The van der Waals surface area contributed by atoms with Crippen LogP contribution in [0.5, 0.6) is 0 Å². The van der Waals surface area contributed by atoms with Crippen molar-refractivity contribution in [2.45, 2.75) is 12.2 Å². The zero-order valence-electron chi connectivity index (χ0n) is 7.13. The molecule has 1 aromatic heterocycles. The van der Waals surface area contributed by atoms with E-state index in [1.807, 2.05) is 0 Å². The van der Waals surface area contributed by atoms with Crippen molar-refractivity contribution in [3.63, 3.8) is 0 Å².